The van der Waals surface area contributed by atoms with Gasteiger partial charge in [0.15, 0.2) is 0 Å². The molecule has 1 N–H and O–H groups in total. The smallest absolute Gasteiger partial charge is 0.0246 e. The minimum Gasteiger partial charge on any atom is -0.308 e. The maximum Gasteiger partial charge on any atom is 0.0246 e. The molecule has 0 aromatic rings. The lowest BCUT2D eigenvalue weighted by atomic mass is 10.2. The van der Waals surface area contributed by atoms with Crippen molar-refractivity contribution in [3.63, 3.8) is 0 Å². The largest absolute Gasteiger partial charge is 0.308 e. The summed E-state index contributed by atoms with van der Waals surface area (Å²) in [5.41, 5.74) is 2.20. The molecule has 0 aliphatic heterocycles. The standard InChI is InChI=1S/C8H13N.C2H6/c1-4-8(6-9)5-7(2)3;1-2/h4-6,9H,1-3H3;1-2H3/b8-4+,9-6?;. The minimum atomic E-state index is 0.968. The Morgan fingerprint density at radius 2 is 1.64 bits per heavy atom. The molecule has 0 aliphatic rings. The molecule has 0 heterocycles. The molecule has 0 fully saturated rings. The van der Waals surface area contributed by atoms with Gasteiger partial charge in [-0.1, -0.05) is 31.6 Å². The molecule has 0 aromatic carbocycles. The molecule has 1 heteroatoms. The molecular weight excluding hydrogens is 134 g/mol. The van der Waals surface area contributed by atoms with E-state index >= 15 is 0 Å². The third kappa shape index (κ3) is 9.15. The highest BCUT2D eigenvalue weighted by atomic mass is 14.3. The SMILES string of the molecule is C/C=C(/C=N)C=C(C)C.CC. The van der Waals surface area contributed by atoms with Crippen LogP contribution in [0.3, 0.4) is 0 Å². The van der Waals surface area contributed by atoms with Crippen molar-refractivity contribution in [2.45, 2.75) is 34.6 Å². The number of rotatable bonds is 2. The zero-order valence-corrected chi connectivity index (χ0v) is 8.23. The number of hydrogen-bond donors (Lipinski definition) is 1. The van der Waals surface area contributed by atoms with Gasteiger partial charge in [-0.25, -0.2) is 0 Å². The molecule has 0 atom stereocenters. The molecule has 0 aliphatic carbocycles. The van der Waals surface area contributed by atoms with Crippen LogP contribution in [-0.2, 0) is 0 Å². The molecule has 0 saturated heterocycles. The Morgan fingerprint density at radius 3 is 1.73 bits per heavy atom. The second-order valence-corrected chi connectivity index (χ2v) is 2.15. The second-order valence-electron chi connectivity index (χ2n) is 2.15. The molecule has 11 heavy (non-hydrogen) atoms. The highest BCUT2D eigenvalue weighted by Crippen LogP contribution is 1.97. The number of nitrogens with one attached hydrogen (secondary N) is 1. The van der Waals surface area contributed by atoms with Gasteiger partial charge < -0.3 is 5.41 Å². The van der Waals surface area contributed by atoms with Gasteiger partial charge in [0.1, 0.15) is 0 Å². The third-order valence-electron chi connectivity index (χ3n) is 0.955. The van der Waals surface area contributed by atoms with Crippen LogP contribution in [0.15, 0.2) is 23.3 Å². The van der Waals surface area contributed by atoms with Crippen molar-refractivity contribution in [1.29, 1.82) is 5.41 Å². The van der Waals surface area contributed by atoms with Crippen LogP contribution in [0.5, 0.6) is 0 Å². The van der Waals surface area contributed by atoms with Gasteiger partial charge in [0, 0.05) is 6.21 Å². The van der Waals surface area contributed by atoms with E-state index in [1.807, 2.05) is 46.8 Å². The first-order valence-electron chi connectivity index (χ1n) is 4.02. The Morgan fingerprint density at radius 1 is 1.18 bits per heavy atom. The van der Waals surface area contributed by atoms with Crippen molar-refractivity contribution >= 4 is 6.21 Å². The summed E-state index contributed by atoms with van der Waals surface area (Å²) in [5.74, 6) is 0. The van der Waals surface area contributed by atoms with Crippen molar-refractivity contribution in [3.05, 3.63) is 23.3 Å². The van der Waals surface area contributed by atoms with E-state index in [-0.39, 0.29) is 0 Å². The molecule has 0 unspecified atom stereocenters. The molecule has 0 radical (unpaired) electrons. The minimum absolute atomic E-state index is 0.968. The molecule has 64 valence electrons. The predicted molar refractivity (Wildman–Crippen MR) is 53.3 cm³/mol. The van der Waals surface area contributed by atoms with Crippen LogP contribution in [0.2, 0.25) is 0 Å². The molecule has 0 rings (SSSR count). The van der Waals surface area contributed by atoms with E-state index in [9.17, 15) is 0 Å². The average molecular weight is 153 g/mol. The summed E-state index contributed by atoms with van der Waals surface area (Å²) in [7, 11) is 0. The summed E-state index contributed by atoms with van der Waals surface area (Å²) in [6, 6.07) is 0. The van der Waals surface area contributed by atoms with Gasteiger partial charge in [-0.15, -0.1) is 0 Å². The van der Waals surface area contributed by atoms with Crippen LogP contribution in [0, 0.1) is 5.41 Å². The van der Waals surface area contributed by atoms with E-state index in [0.717, 1.165) is 5.57 Å². The zero-order valence-electron chi connectivity index (χ0n) is 8.23. The van der Waals surface area contributed by atoms with Crippen molar-refractivity contribution in [2.24, 2.45) is 0 Å². The van der Waals surface area contributed by atoms with Crippen molar-refractivity contribution < 1.29 is 0 Å². The quantitative estimate of drug-likeness (QED) is 0.463. The number of hydrogen-bond acceptors (Lipinski definition) is 1. The maximum absolute atomic E-state index is 6.92. The first kappa shape index (κ1) is 12.8. The topological polar surface area (TPSA) is 23.9 Å². The van der Waals surface area contributed by atoms with Gasteiger partial charge in [0.2, 0.25) is 0 Å². The lowest BCUT2D eigenvalue weighted by Crippen LogP contribution is -1.76. The molecule has 0 amide bonds. The summed E-state index contributed by atoms with van der Waals surface area (Å²) in [4.78, 5) is 0. The van der Waals surface area contributed by atoms with E-state index in [4.69, 9.17) is 5.41 Å². The van der Waals surface area contributed by atoms with Gasteiger partial charge in [-0.3, -0.25) is 0 Å². The van der Waals surface area contributed by atoms with Crippen LogP contribution in [0.4, 0.5) is 0 Å². The summed E-state index contributed by atoms with van der Waals surface area (Å²) >= 11 is 0. The Hall–Kier alpha value is -0.850. The number of allylic oxidation sites excluding steroid dienone is 4. The van der Waals surface area contributed by atoms with Crippen LogP contribution in [0.1, 0.15) is 34.6 Å². The lowest BCUT2D eigenvalue weighted by molar-refractivity contribution is 1.38. The monoisotopic (exact) mass is 153 g/mol. The zero-order chi connectivity index (χ0) is 9.28. The molecule has 0 saturated carbocycles. The van der Waals surface area contributed by atoms with Crippen LogP contribution in [0.25, 0.3) is 0 Å². The summed E-state index contributed by atoms with van der Waals surface area (Å²) in [6.45, 7) is 9.97. The van der Waals surface area contributed by atoms with E-state index in [1.54, 1.807) is 0 Å². The summed E-state index contributed by atoms with van der Waals surface area (Å²) in [6.07, 6.45) is 5.25. The lowest BCUT2D eigenvalue weighted by Gasteiger charge is -1.89. The van der Waals surface area contributed by atoms with Gasteiger partial charge in [-0.2, -0.15) is 0 Å². The summed E-state index contributed by atoms with van der Waals surface area (Å²) in [5, 5.41) is 6.92. The Balaban J connectivity index is 0. The molecule has 0 spiro atoms. The van der Waals surface area contributed by atoms with Gasteiger partial charge in [0.05, 0.1) is 0 Å². The van der Waals surface area contributed by atoms with E-state index in [0.29, 0.717) is 0 Å². The van der Waals surface area contributed by atoms with Gasteiger partial charge in [0.25, 0.3) is 0 Å². The summed E-state index contributed by atoms with van der Waals surface area (Å²) < 4.78 is 0. The Bertz CT molecular complexity index is 148. The average Bonchev–Trinajstić information content (AvgIpc) is 2.03. The van der Waals surface area contributed by atoms with Crippen molar-refractivity contribution in [1.82, 2.24) is 0 Å². The van der Waals surface area contributed by atoms with Crippen molar-refractivity contribution in [3.8, 4) is 0 Å². The van der Waals surface area contributed by atoms with Gasteiger partial charge in [-0.05, 0) is 26.3 Å². The van der Waals surface area contributed by atoms with E-state index in [1.165, 1.54) is 11.8 Å². The van der Waals surface area contributed by atoms with E-state index < -0.39 is 0 Å². The molecule has 1 nitrogen and oxygen atoms in total. The third-order valence-corrected chi connectivity index (χ3v) is 0.955. The first-order valence-corrected chi connectivity index (χ1v) is 4.02. The van der Waals surface area contributed by atoms with Crippen LogP contribution in [-0.4, -0.2) is 6.21 Å². The highest BCUT2D eigenvalue weighted by Gasteiger charge is 1.81. The predicted octanol–water partition coefficient (Wildman–Crippen LogP) is 3.57. The fourth-order valence-corrected chi connectivity index (χ4v) is 0.542. The molecular formula is C10H19N. The molecule has 0 bridgehead atoms. The normalized spacial score (nSPS) is 9.36. The van der Waals surface area contributed by atoms with Gasteiger partial charge >= 0.3 is 0 Å². The highest BCUT2D eigenvalue weighted by molar-refractivity contribution is 5.79. The van der Waals surface area contributed by atoms with E-state index in [2.05, 4.69) is 0 Å². The first-order chi connectivity index (χ1) is 5.20. The molecule has 0 aromatic heterocycles. The second kappa shape index (κ2) is 9.15. The Labute approximate surface area is 70.3 Å². The van der Waals surface area contributed by atoms with Crippen LogP contribution < -0.4 is 0 Å². The Kier molecular flexibility index (Phi) is 10.6. The van der Waals surface area contributed by atoms with Crippen LogP contribution >= 0.6 is 0 Å². The fourth-order valence-electron chi connectivity index (χ4n) is 0.542. The maximum atomic E-state index is 6.92. The fraction of sp³-hybridized carbons (Fsp3) is 0.500. The van der Waals surface area contributed by atoms with Crippen molar-refractivity contribution in [2.75, 3.05) is 0 Å².